The highest BCUT2D eigenvalue weighted by atomic mass is 32.2. The standard InChI is InChI=1S/C19H18F3N3O2S/c20-19(21,22)14-6-7-17(24-11-14)28-12-18(27)25-9-8-23-16(26)10-15(25)13-4-2-1-3-5-13/h1-7,11,15H,8-10,12H2,(H,23,26)/t15-/m1/s1. The molecule has 0 radical (unpaired) electrons. The number of nitrogens with one attached hydrogen (secondary N) is 1. The minimum absolute atomic E-state index is 0.0237. The van der Waals surface area contributed by atoms with Crippen LogP contribution in [-0.4, -0.2) is 40.5 Å². The number of benzene rings is 1. The molecule has 2 amide bonds. The molecule has 1 atom stereocenters. The number of rotatable bonds is 4. The second-order valence-electron chi connectivity index (χ2n) is 6.24. The van der Waals surface area contributed by atoms with Gasteiger partial charge in [-0.2, -0.15) is 13.2 Å². The summed E-state index contributed by atoms with van der Waals surface area (Å²) >= 11 is 1.07. The minimum atomic E-state index is -4.44. The van der Waals surface area contributed by atoms with E-state index in [4.69, 9.17) is 0 Å². The van der Waals surface area contributed by atoms with Gasteiger partial charge in [0.25, 0.3) is 0 Å². The molecule has 5 nitrogen and oxygen atoms in total. The Bertz CT molecular complexity index is 829. The Morgan fingerprint density at radius 1 is 1.21 bits per heavy atom. The van der Waals surface area contributed by atoms with Crippen molar-refractivity contribution < 1.29 is 22.8 Å². The molecule has 0 spiro atoms. The van der Waals surface area contributed by atoms with Crippen LogP contribution < -0.4 is 5.32 Å². The van der Waals surface area contributed by atoms with E-state index in [9.17, 15) is 22.8 Å². The summed E-state index contributed by atoms with van der Waals surface area (Å²) in [4.78, 5) is 30.2. The van der Waals surface area contributed by atoms with E-state index >= 15 is 0 Å². The number of thioether (sulfide) groups is 1. The lowest BCUT2D eigenvalue weighted by atomic mass is 10.0. The molecule has 1 saturated heterocycles. The molecule has 1 aromatic carbocycles. The van der Waals surface area contributed by atoms with Crippen LogP contribution in [0.15, 0.2) is 53.7 Å². The molecule has 1 N–H and O–H groups in total. The second-order valence-corrected chi connectivity index (χ2v) is 7.23. The van der Waals surface area contributed by atoms with E-state index in [-0.39, 0.29) is 30.0 Å². The first kappa shape index (κ1) is 20.2. The van der Waals surface area contributed by atoms with Crippen molar-refractivity contribution in [3.8, 4) is 0 Å². The van der Waals surface area contributed by atoms with Crippen molar-refractivity contribution in [3.05, 3.63) is 59.8 Å². The van der Waals surface area contributed by atoms with Gasteiger partial charge in [0.1, 0.15) is 0 Å². The monoisotopic (exact) mass is 409 g/mol. The lowest BCUT2D eigenvalue weighted by Crippen LogP contribution is -2.37. The van der Waals surface area contributed by atoms with Gasteiger partial charge in [-0.25, -0.2) is 4.98 Å². The SMILES string of the molecule is O=C1C[C@H](c2ccccc2)N(C(=O)CSc2ccc(C(F)(F)F)cn2)CCN1. The molecule has 0 unspecified atom stereocenters. The second kappa shape index (κ2) is 8.64. The molecule has 2 aromatic rings. The zero-order chi connectivity index (χ0) is 20.1. The van der Waals surface area contributed by atoms with E-state index in [1.165, 1.54) is 6.07 Å². The third-order valence-electron chi connectivity index (χ3n) is 4.34. The van der Waals surface area contributed by atoms with Crippen molar-refractivity contribution in [1.29, 1.82) is 0 Å². The van der Waals surface area contributed by atoms with Gasteiger partial charge in [0, 0.05) is 19.3 Å². The fourth-order valence-corrected chi connectivity index (χ4v) is 3.68. The molecular weight excluding hydrogens is 391 g/mol. The number of halogens is 3. The molecule has 148 valence electrons. The fraction of sp³-hybridized carbons (Fsp3) is 0.316. The van der Waals surface area contributed by atoms with E-state index in [1.54, 1.807) is 4.90 Å². The predicted molar refractivity (Wildman–Crippen MR) is 98.5 cm³/mol. The first-order valence-electron chi connectivity index (χ1n) is 8.62. The van der Waals surface area contributed by atoms with Gasteiger partial charge in [0.2, 0.25) is 11.8 Å². The molecule has 3 rings (SSSR count). The van der Waals surface area contributed by atoms with Crippen molar-refractivity contribution in [3.63, 3.8) is 0 Å². The molecule has 0 saturated carbocycles. The number of amides is 2. The predicted octanol–water partition coefficient (Wildman–Crippen LogP) is 3.28. The Balaban J connectivity index is 1.69. The van der Waals surface area contributed by atoms with Gasteiger partial charge in [0.05, 0.1) is 28.8 Å². The van der Waals surface area contributed by atoms with Crippen LogP contribution in [0.3, 0.4) is 0 Å². The van der Waals surface area contributed by atoms with Crippen molar-refractivity contribution in [2.75, 3.05) is 18.8 Å². The van der Waals surface area contributed by atoms with Gasteiger partial charge in [-0.3, -0.25) is 9.59 Å². The summed E-state index contributed by atoms with van der Waals surface area (Å²) < 4.78 is 37.8. The maximum absolute atomic E-state index is 12.8. The average molecular weight is 409 g/mol. The number of aromatic nitrogens is 1. The van der Waals surface area contributed by atoms with Crippen LogP contribution in [0, 0.1) is 0 Å². The summed E-state index contributed by atoms with van der Waals surface area (Å²) in [6, 6.07) is 11.1. The van der Waals surface area contributed by atoms with Gasteiger partial charge < -0.3 is 10.2 Å². The first-order valence-corrected chi connectivity index (χ1v) is 9.60. The largest absolute Gasteiger partial charge is 0.417 e. The Labute approximate surface area is 164 Å². The molecule has 1 aromatic heterocycles. The third-order valence-corrected chi connectivity index (χ3v) is 5.27. The fourth-order valence-electron chi connectivity index (χ4n) is 2.95. The van der Waals surface area contributed by atoms with Gasteiger partial charge in [-0.05, 0) is 17.7 Å². The van der Waals surface area contributed by atoms with Crippen LogP contribution in [0.4, 0.5) is 13.2 Å². The maximum atomic E-state index is 12.8. The summed E-state index contributed by atoms with van der Waals surface area (Å²) in [7, 11) is 0. The van der Waals surface area contributed by atoms with Crippen LogP contribution in [0.1, 0.15) is 23.6 Å². The van der Waals surface area contributed by atoms with E-state index in [0.717, 1.165) is 29.6 Å². The van der Waals surface area contributed by atoms with Crippen LogP contribution in [0.25, 0.3) is 0 Å². The lowest BCUT2D eigenvalue weighted by Gasteiger charge is -2.29. The highest BCUT2D eigenvalue weighted by molar-refractivity contribution is 7.99. The third kappa shape index (κ3) is 5.03. The lowest BCUT2D eigenvalue weighted by molar-refractivity contribution is -0.138. The highest BCUT2D eigenvalue weighted by Crippen LogP contribution is 2.30. The highest BCUT2D eigenvalue weighted by Gasteiger charge is 2.31. The minimum Gasteiger partial charge on any atom is -0.354 e. The average Bonchev–Trinajstić information content (AvgIpc) is 2.88. The number of carbonyl (C=O) groups is 2. The smallest absolute Gasteiger partial charge is 0.354 e. The Hall–Kier alpha value is -2.55. The maximum Gasteiger partial charge on any atom is 0.417 e. The quantitative estimate of drug-likeness (QED) is 0.788. The number of alkyl halides is 3. The van der Waals surface area contributed by atoms with E-state index in [1.807, 2.05) is 30.3 Å². The summed E-state index contributed by atoms with van der Waals surface area (Å²) in [6.07, 6.45) is -3.52. The Kier molecular flexibility index (Phi) is 6.23. The van der Waals surface area contributed by atoms with Gasteiger partial charge in [-0.15, -0.1) is 0 Å². The number of hydrogen-bond acceptors (Lipinski definition) is 4. The van der Waals surface area contributed by atoms with Gasteiger partial charge in [0.15, 0.2) is 0 Å². The van der Waals surface area contributed by atoms with Crippen LogP contribution in [0.5, 0.6) is 0 Å². The van der Waals surface area contributed by atoms with Crippen LogP contribution in [-0.2, 0) is 15.8 Å². The first-order chi connectivity index (χ1) is 13.3. The van der Waals surface area contributed by atoms with Gasteiger partial charge in [-0.1, -0.05) is 42.1 Å². The van der Waals surface area contributed by atoms with Crippen molar-refractivity contribution in [1.82, 2.24) is 15.2 Å². The molecule has 0 bridgehead atoms. The molecule has 1 fully saturated rings. The molecule has 1 aliphatic heterocycles. The summed E-state index contributed by atoms with van der Waals surface area (Å²) in [5, 5.41) is 3.10. The molecule has 0 aliphatic carbocycles. The number of hydrogen-bond donors (Lipinski definition) is 1. The molecular formula is C19H18F3N3O2S. The topological polar surface area (TPSA) is 62.3 Å². The van der Waals surface area contributed by atoms with E-state index in [0.29, 0.717) is 18.1 Å². The number of pyridine rings is 1. The van der Waals surface area contributed by atoms with Gasteiger partial charge >= 0.3 is 6.18 Å². The van der Waals surface area contributed by atoms with Crippen molar-refractivity contribution >= 4 is 23.6 Å². The summed E-state index contributed by atoms with van der Waals surface area (Å²) in [5.74, 6) is -0.297. The van der Waals surface area contributed by atoms with Crippen LogP contribution in [0.2, 0.25) is 0 Å². The van der Waals surface area contributed by atoms with Crippen molar-refractivity contribution in [2.45, 2.75) is 23.7 Å². The van der Waals surface area contributed by atoms with Crippen LogP contribution >= 0.6 is 11.8 Å². The zero-order valence-electron chi connectivity index (χ0n) is 14.8. The molecule has 9 heteroatoms. The Morgan fingerprint density at radius 3 is 2.61 bits per heavy atom. The summed E-state index contributed by atoms with van der Waals surface area (Å²) in [5.41, 5.74) is 0.0370. The van der Waals surface area contributed by atoms with Crippen molar-refractivity contribution in [2.24, 2.45) is 0 Å². The normalized spacial score (nSPS) is 17.8. The molecule has 1 aliphatic rings. The molecule has 28 heavy (non-hydrogen) atoms. The van der Waals surface area contributed by atoms with E-state index < -0.39 is 11.7 Å². The molecule has 2 heterocycles. The number of carbonyl (C=O) groups excluding carboxylic acids is 2. The Morgan fingerprint density at radius 2 is 1.96 bits per heavy atom. The van der Waals surface area contributed by atoms with E-state index in [2.05, 4.69) is 10.3 Å². The zero-order valence-corrected chi connectivity index (χ0v) is 15.6. The number of nitrogens with zero attached hydrogens (tertiary/aromatic N) is 2. The summed E-state index contributed by atoms with van der Waals surface area (Å²) in [6.45, 7) is 0.724.